The lowest BCUT2D eigenvalue weighted by atomic mass is 10.0. The molecule has 4 N–H and O–H groups in total. The monoisotopic (exact) mass is 956 g/mol. The smallest absolute Gasteiger partial charge is 0.249 e. The van der Waals surface area contributed by atoms with E-state index in [1.807, 2.05) is 6.08 Å². The van der Waals surface area contributed by atoms with Gasteiger partial charge in [-0.25, -0.2) is 0 Å². The molecule has 5 nitrogen and oxygen atoms in total. The maximum atomic E-state index is 12.6. The summed E-state index contributed by atoms with van der Waals surface area (Å²) in [5.41, 5.74) is 0. The van der Waals surface area contributed by atoms with Crippen molar-refractivity contribution in [2.75, 3.05) is 6.61 Å². The van der Waals surface area contributed by atoms with Gasteiger partial charge in [-0.15, -0.1) is 0 Å². The van der Waals surface area contributed by atoms with Crippen LogP contribution in [0, 0.1) is 0 Å². The number of allylic oxidation sites excluding steroid dienone is 5. The van der Waals surface area contributed by atoms with Gasteiger partial charge >= 0.3 is 0 Å². The molecule has 0 bridgehead atoms. The summed E-state index contributed by atoms with van der Waals surface area (Å²) in [6.45, 7) is 4.22. The van der Waals surface area contributed by atoms with E-state index in [1.165, 1.54) is 276 Å². The van der Waals surface area contributed by atoms with Crippen LogP contribution >= 0.6 is 0 Å². The summed E-state index contributed by atoms with van der Waals surface area (Å²) in [4.78, 5) is 12.6. The Hall–Kier alpha value is -1.43. The van der Waals surface area contributed by atoms with Gasteiger partial charge in [0.2, 0.25) is 5.91 Å². The minimum absolute atomic E-state index is 0.361. The highest BCUT2D eigenvalue weighted by atomic mass is 16.3. The van der Waals surface area contributed by atoms with Gasteiger partial charge < -0.3 is 20.6 Å². The van der Waals surface area contributed by atoms with Crippen molar-refractivity contribution in [1.29, 1.82) is 0 Å². The molecule has 5 heteroatoms. The van der Waals surface area contributed by atoms with Crippen LogP contribution in [0.25, 0.3) is 0 Å². The molecule has 0 heterocycles. The van der Waals surface area contributed by atoms with Crippen LogP contribution in [0.3, 0.4) is 0 Å². The van der Waals surface area contributed by atoms with Crippen LogP contribution in [0.2, 0.25) is 0 Å². The van der Waals surface area contributed by atoms with E-state index < -0.39 is 24.2 Å². The molecule has 0 saturated carbocycles. The number of rotatable bonds is 57. The highest BCUT2D eigenvalue weighted by Crippen LogP contribution is 2.18. The van der Waals surface area contributed by atoms with Crippen molar-refractivity contribution in [3.63, 3.8) is 0 Å². The Morgan fingerprint density at radius 1 is 0.368 bits per heavy atom. The predicted molar refractivity (Wildman–Crippen MR) is 301 cm³/mol. The summed E-state index contributed by atoms with van der Waals surface area (Å²) in [5, 5.41) is 33.4. The molecule has 1 amide bonds. The van der Waals surface area contributed by atoms with Crippen LogP contribution in [0.4, 0.5) is 0 Å². The average Bonchev–Trinajstić information content (AvgIpc) is 3.34. The van der Waals surface area contributed by atoms with E-state index in [4.69, 9.17) is 0 Å². The van der Waals surface area contributed by atoms with Crippen LogP contribution in [-0.2, 0) is 4.79 Å². The van der Waals surface area contributed by atoms with E-state index in [0.29, 0.717) is 6.42 Å². The summed E-state index contributed by atoms with van der Waals surface area (Å²) >= 11 is 0. The molecule has 0 aliphatic heterocycles. The van der Waals surface area contributed by atoms with Gasteiger partial charge in [0, 0.05) is 0 Å². The molecule has 0 aromatic rings. The second kappa shape index (κ2) is 58.1. The van der Waals surface area contributed by atoms with Crippen LogP contribution in [-0.4, -0.2) is 46.1 Å². The maximum Gasteiger partial charge on any atom is 0.249 e. The summed E-state index contributed by atoms with van der Waals surface area (Å²) in [6.07, 6.45) is 76.8. The Balaban J connectivity index is 3.51. The highest BCUT2D eigenvalue weighted by molar-refractivity contribution is 5.80. The molecule has 3 unspecified atom stereocenters. The average molecular weight is 957 g/mol. The zero-order valence-corrected chi connectivity index (χ0v) is 46.0. The van der Waals surface area contributed by atoms with E-state index in [2.05, 4.69) is 43.5 Å². The molecule has 402 valence electrons. The quantitative estimate of drug-likeness (QED) is 0.0361. The Kier molecular flexibility index (Phi) is 56.9. The summed E-state index contributed by atoms with van der Waals surface area (Å²) in [5.74, 6) is -0.499. The van der Waals surface area contributed by atoms with Crippen molar-refractivity contribution < 1.29 is 20.1 Å². The molecule has 0 saturated heterocycles. The lowest BCUT2D eigenvalue weighted by Gasteiger charge is -2.21. The second-order valence-electron chi connectivity index (χ2n) is 21.3. The van der Waals surface area contributed by atoms with Crippen molar-refractivity contribution in [2.45, 2.75) is 353 Å². The van der Waals surface area contributed by atoms with Gasteiger partial charge in [-0.2, -0.15) is 0 Å². The third-order valence-corrected chi connectivity index (χ3v) is 14.5. The molecule has 0 radical (unpaired) electrons. The van der Waals surface area contributed by atoms with Crippen LogP contribution in [0.5, 0.6) is 0 Å². The first-order valence-corrected chi connectivity index (χ1v) is 30.8. The third kappa shape index (κ3) is 52.4. The fourth-order valence-electron chi connectivity index (χ4n) is 9.69. The van der Waals surface area contributed by atoms with Crippen molar-refractivity contribution in [1.82, 2.24) is 5.32 Å². The molecular formula is C63H121NO4. The predicted octanol–water partition coefficient (Wildman–Crippen LogP) is 19.4. The first-order valence-electron chi connectivity index (χ1n) is 30.8. The van der Waals surface area contributed by atoms with Crippen molar-refractivity contribution >= 4 is 5.91 Å². The Morgan fingerprint density at radius 2 is 0.632 bits per heavy atom. The zero-order valence-electron chi connectivity index (χ0n) is 46.0. The molecule has 0 aromatic heterocycles. The van der Waals surface area contributed by atoms with Gasteiger partial charge in [0.05, 0.1) is 18.8 Å². The summed E-state index contributed by atoms with van der Waals surface area (Å²) in [7, 11) is 0. The maximum absolute atomic E-state index is 12.6. The standard InChI is InChI=1S/C63H121NO4/c1-3-5-7-9-11-13-15-17-19-21-23-24-25-26-27-28-29-30-31-32-33-34-35-36-37-38-39-40-42-44-46-48-50-52-54-56-58-62(67)63(68)64-60(59-65)61(66)57-55-53-51-49-47-45-43-41-22-20-18-16-14-12-10-8-6-4-2/h27-28,30-31,55,57,60-62,65-67H,3-26,29,32-54,56,58-59H2,1-2H3,(H,64,68)/b28-27-,31-30-,57-55+. The number of carbonyl (C=O) groups excluding carboxylic acids is 1. The molecule has 0 fully saturated rings. The van der Waals surface area contributed by atoms with Crippen molar-refractivity contribution in [3.05, 3.63) is 36.5 Å². The van der Waals surface area contributed by atoms with Gasteiger partial charge in [-0.05, 0) is 51.4 Å². The number of aliphatic hydroxyl groups excluding tert-OH is 3. The highest BCUT2D eigenvalue weighted by Gasteiger charge is 2.22. The van der Waals surface area contributed by atoms with E-state index in [0.717, 1.165) is 38.5 Å². The van der Waals surface area contributed by atoms with Gasteiger partial charge in [0.15, 0.2) is 0 Å². The lowest BCUT2D eigenvalue weighted by molar-refractivity contribution is -0.131. The number of hydrogen-bond donors (Lipinski definition) is 4. The normalized spacial score (nSPS) is 13.4. The molecule has 68 heavy (non-hydrogen) atoms. The number of carbonyl (C=O) groups is 1. The molecule has 3 atom stereocenters. The molecule has 0 aromatic carbocycles. The summed E-state index contributed by atoms with van der Waals surface area (Å²) < 4.78 is 0. The lowest BCUT2D eigenvalue weighted by Crippen LogP contribution is -2.48. The number of nitrogens with one attached hydrogen (secondary N) is 1. The first-order chi connectivity index (χ1) is 33.6. The number of hydrogen-bond acceptors (Lipinski definition) is 4. The molecule has 0 spiro atoms. The Bertz CT molecular complexity index is 1060. The van der Waals surface area contributed by atoms with E-state index in [1.54, 1.807) is 6.08 Å². The van der Waals surface area contributed by atoms with Gasteiger partial charge in [-0.1, -0.05) is 320 Å². The number of aliphatic hydroxyl groups is 3. The molecule has 0 aliphatic rings. The fraction of sp³-hybridized carbons (Fsp3) is 0.889. The van der Waals surface area contributed by atoms with Crippen molar-refractivity contribution in [3.8, 4) is 0 Å². The van der Waals surface area contributed by atoms with Gasteiger partial charge in [0.1, 0.15) is 6.10 Å². The Morgan fingerprint density at radius 3 is 0.926 bits per heavy atom. The van der Waals surface area contributed by atoms with E-state index in [-0.39, 0.29) is 6.61 Å². The van der Waals surface area contributed by atoms with Crippen LogP contribution in [0.15, 0.2) is 36.5 Å². The topological polar surface area (TPSA) is 89.8 Å². The molecular weight excluding hydrogens is 835 g/mol. The van der Waals surface area contributed by atoms with E-state index in [9.17, 15) is 20.1 Å². The number of amides is 1. The van der Waals surface area contributed by atoms with E-state index >= 15 is 0 Å². The zero-order chi connectivity index (χ0) is 49.3. The Labute approximate surface area is 425 Å². The molecule has 0 rings (SSSR count). The van der Waals surface area contributed by atoms with Gasteiger partial charge in [0.25, 0.3) is 0 Å². The minimum Gasteiger partial charge on any atom is -0.394 e. The SMILES string of the molecule is CCCCCCCCCCCCCCC/C=C\C/C=C\CCCCCCCCCCCCCCCCCCC(O)C(=O)NC(CO)C(O)/C=C/CCCCCCCCCCCCCCCCCC. The number of unbranched alkanes of at least 4 members (excludes halogenated alkanes) is 45. The fourth-order valence-corrected chi connectivity index (χ4v) is 9.69. The minimum atomic E-state index is -1.10. The largest absolute Gasteiger partial charge is 0.394 e. The third-order valence-electron chi connectivity index (χ3n) is 14.5. The second-order valence-corrected chi connectivity index (χ2v) is 21.3. The first kappa shape index (κ1) is 66.6. The van der Waals surface area contributed by atoms with Crippen LogP contribution in [0.1, 0.15) is 335 Å². The van der Waals surface area contributed by atoms with Crippen LogP contribution < -0.4 is 5.32 Å². The van der Waals surface area contributed by atoms with Crippen molar-refractivity contribution in [2.24, 2.45) is 0 Å². The molecule has 0 aliphatic carbocycles. The van der Waals surface area contributed by atoms with Gasteiger partial charge in [-0.3, -0.25) is 4.79 Å². The summed E-state index contributed by atoms with van der Waals surface area (Å²) in [6, 6.07) is -0.798.